The lowest BCUT2D eigenvalue weighted by Gasteiger charge is -2.22. The minimum absolute atomic E-state index is 0.00510. The van der Waals surface area contributed by atoms with Crippen molar-refractivity contribution in [3.8, 4) is 0 Å². The summed E-state index contributed by atoms with van der Waals surface area (Å²) in [4.78, 5) is 29.0. The molecule has 5 nitrogen and oxygen atoms in total. The summed E-state index contributed by atoms with van der Waals surface area (Å²) in [5.41, 5.74) is 0.934. The SMILES string of the molecule is O=C(Cc1cccs1)N1CC(=O)N(Cc2ccc(Cl)cc2)CC(O)C1. The maximum atomic E-state index is 12.5. The van der Waals surface area contributed by atoms with E-state index in [1.54, 1.807) is 17.0 Å². The van der Waals surface area contributed by atoms with Crippen LogP contribution >= 0.6 is 22.9 Å². The largest absolute Gasteiger partial charge is 0.389 e. The van der Waals surface area contributed by atoms with E-state index in [1.807, 2.05) is 29.6 Å². The molecule has 1 N–H and O–H groups in total. The summed E-state index contributed by atoms with van der Waals surface area (Å²) < 4.78 is 0. The van der Waals surface area contributed by atoms with E-state index in [9.17, 15) is 14.7 Å². The number of halogens is 1. The normalized spacial score (nSPS) is 18.3. The summed E-state index contributed by atoms with van der Waals surface area (Å²) in [5, 5.41) is 12.8. The Balaban J connectivity index is 1.66. The van der Waals surface area contributed by atoms with Crippen molar-refractivity contribution in [3.05, 3.63) is 57.2 Å². The smallest absolute Gasteiger partial charge is 0.242 e. The highest BCUT2D eigenvalue weighted by atomic mass is 35.5. The topological polar surface area (TPSA) is 60.9 Å². The molecule has 2 aromatic rings. The summed E-state index contributed by atoms with van der Waals surface area (Å²) in [6.07, 6.45) is -0.500. The molecule has 0 spiro atoms. The van der Waals surface area contributed by atoms with Gasteiger partial charge in [0.15, 0.2) is 0 Å². The Morgan fingerprint density at radius 1 is 1.24 bits per heavy atom. The van der Waals surface area contributed by atoms with Gasteiger partial charge in [0.2, 0.25) is 11.8 Å². The third-order valence-corrected chi connectivity index (χ3v) is 5.21. The summed E-state index contributed by atoms with van der Waals surface area (Å²) in [5.74, 6) is -0.297. The zero-order valence-electron chi connectivity index (χ0n) is 13.6. The molecule has 1 aromatic carbocycles. The standard InChI is InChI=1S/C18H19ClN2O3S/c19-14-5-3-13(4-6-14)9-20-10-15(22)11-21(12-18(20)24)17(23)8-16-2-1-7-25-16/h1-7,15,22H,8-12H2. The van der Waals surface area contributed by atoms with Gasteiger partial charge in [0.05, 0.1) is 19.1 Å². The van der Waals surface area contributed by atoms with Gasteiger partial charge >= 0.3 is 0 Å². The van der Waals surface area contributed by atoms with Gasteiger partial charge < -0.3 is 14.9 Å². The Morgan fingerprint density at radius 3 is 2.68 bits per heavy atom. The van der Waals surface area contributed by atoms with Crippen molar-refractivity contribution < 1.29 is 14.7 Å². The number of thiophene rings is 1. The molecule has 1 fully saturated rings. The number of amides is 2. The van der Waals surface area contributed by atoms with Gasteiger partial charge in [0.25, 0.3) is 0 Å². The van der Waals surface area contributed by atoms with Crippen LogP contribution in [0.4, 0.5) is 0 Å². The molecule has 0 radical (unpaired) electrons. The van der Waals surface area contributed by atoms with Gasteiger partial charge in [-0.15, -0.1) is 11.3 Å². The fourth-order valence-corrected chi connectivity index (χ4v) is 3.64. The minimum Gasteiger partial charge on any atom is -0.389 e. The lowest BCUT2D eigenvalue weighted by molar-refractivity contribution is -0.138. The van der Waals surface area contributed by atoms with E-state index in [0.29, 0.717) is 11.6 Å². The second-order valence-electron chi connectivity index (χ2n) is 6.08. The van der Waals surface area contributed by atoms with Crippen molar-refractivity contribution in [1.82, 2.24) is 9.80 Å². The molecule has 132 valence electrons. The van der Waals surface area contributed by atoms with Crippen LogP contribution in [-0.4, -0.2) is 52.5 Å². The first kappa shape index (κ1) is 17.9. The second kappa shape index (κ2) is 7.99. The summed E-state index contributed by atoms with van der Waals surface area (Å²) in [6.45, 7) is 0.770. The third-order valence-electron chi connectivity index (χ3n) is 4.09. The van der Waals surface area contributed by atoms with Gasteiger partial charge in [-0.05, 0) is 29.1 Å². The van der Waals surface area contributed by atoms with Crippen LogP contribution in [0.2, 0.25) is 5.02 Å². The van der Waals surface area contributed by atoms with Crippen molar-refractivity contribution >= 4 is 34.8 Å². The molecule has 1 aliphatic rings. The van der Waals surface area contributed by atoms with Crippen LogP contribution in [0, 0.1) is 0 Å². The number of carbonyl (C=O) groups excluding carboxylic acids is 2. The van der Waals surface area contributed by atoms with E-state index in [4.69, 9.17) is 11.6 Å². The number of hydrogen-bond donors (Lipinski definition) is 1. The van der Waals surface area contributed by atoms with E-state index in [2.05, 4.69) is 0 Å². The van der Waals surface area contributed by atoms with Gasteiger partial charge in [-0.2, -0.15) is 0 Å². The van der Waals surface area contributed by atoms with Crippen LogP contribution in [0.15, 0.2) is 41.8 Å². The van der Waals surface area contributed by atoms with Crippen molar-refractivity contribution in [2.45, 2.75) is 19.1 Å². The summed E-state index contributed by atoms with van der Waals surface area (Å²) in [6, 6.07) is 11.0. The molecule has 25 heavy (non-hydrogen) atoms. The molecule has 1 saturated heterocycles. The Hall–Kier alpha value is -1.89. The predicted molar refractivity (Wildman–Crippen MR) is 97.5 cm³/mol. The van der Waals surface area contributed by atoms with E-state index >= 15 is 0 Å². The number of benzene rings is 1. The number of aliphatic hydroxyl groups is 1. The Labute approximate surface area is 155 Å². The first-order valence-electron chi connectivity index (χ1n) is 8.01. The summed E-state index contributed by atoms with van der Waals surface area (Å²) in [7, 11) is 0. The average molecular weight is 379 g/mol. The minimum atomic E-state index is -0.758. The molecule has 2 heterocycles. The molecule has 2 amide bonds. The van der Waals surface area contributed by atoms with Crippen molar-refractivity contribution in [1.29, 1.82) is 0 Å². The fourth-order valence-electron chi connectivity index (χ4n) is 2.82. The Morgan fingerprint density at radius 2 is 2.00 bits per heavy atom. The maximum Gasteiger partial charge on any atom is 0.242 e. The summed E-state index contributed by atoms with van der Waals surface area (Å²) >= 11 is 7.39. The van der Waals surface area contributed by atoms with Crippen LogP contribution in [0.25, 0.3) is 0 Å². The fraction of sp³-hybridized carbons (Fsp3) is 0.333. The molecule has 3 rings (SSSR count). The highest BCUT2D eigenvalue weighted by Gasteiger charge is 2.29. The van der Waals surface area contributed by atoms with Crippen LogP contribution < -0.4 is 0 Å². The van der Waals surface area contributed by atoms with Crippen LogP contribution in [-0.2, 0) is 22.6 Å². The van der Waals surface area contributed by atoms with E-state index in [-0.39, 0.29) is 37.9 Å². The number of β-amino-alcohol motifs (C(OH)–C–C–N with tert-alkyl or cyclic N) is 1. The molecule has 1 aromatic heterocycles. The first-order valence-corrected chi connectivity index (χ1v) is 9.27. The lowest BCUT2D eigenvalue weighted by Crippen LogP contribution is -2.40. The Bertz CT molecular complexity index is 733. The number of rotatable bonds is 4. The molecular formula is C18H19ClN2O3S. The van der Waals surface area contributed by atoms with Crippen molar-refractivity contribution in [3.63, 3.8) is 0 Å². The van der Waals surface area contributed by atoms with E-state index in [0.717, 1.165) is 10.4 Å². The van der Waals surface area contributed by atoms with Gasteiger partial charge in [-0.3, -0.25) is 9.59 Å². The molecule has 1 atom stereocenters. The zero-order chi connectivity index (χ0) is 17.8. The van der Waals surface area contributed by atoms with Crippen LogP contribution in [0.5, 0.6) is 0 Å². The van der Waals surface area contributed by atoms with Crippen molar-refractivity contribution in [2.24, 2.45) is 0 Å². The number of carbonyl (C=O) groups is 2. The van der Waals surface area contributed by atoms with Gasteiger partial charge in [0, 0.05) is 29.5 Å². The molecule has 0 saturated carbocycles. The molecule has 0 bridgehead atoms. The number of hydrogen-bond acceptors (Lipinski definition) is 4. The zero-order valence-corrected chi connectivity index (χ0v) is 15.2. The van der Waals surface area contributed by atoms with Gasteiger partial charge in [-0.1, -0.05) is 29.8 Å². The van der Waals surface area contributed by atoms with Crippen LogP contribution in [0.3, 0.4) is 0 Å². The molecule has 1 unspecified atom stereocenters. The highest BCUT2D eigenvalue weighted by molar-refractivity contribution is 7.10. The lowest BCUT2D eigenvalue weighted by atomic mass is 10.2. The quantitative estimate of drug-likeness (QED) is 0.887. The Kier molecular flexibility index (Phi) is 5.73. The highest BCUT2D eigenvalue weighted by Crippen LogP contribution is 2.16. The first-order chi connectivity index (χ1) is 12.0. The van der Waals surface area contributed by atoms with E-state index < -0.39 is 6.10 Å². The molecular weight excluding hydrogens is 360 g/mol. The monoisotopic (exact) mass is 378 g/mol. The van der Waals surface area contributed by atoms with Crippen molar-refractivity contribution in [2.75, 3.05) is 19.6 Å². The predicted octanol–water partition coefficient (Wildman–Crippen LogP) is 2.18. The van der Waals surface area contributed by atoms with Gasteiger partial charge in [-0.25, -0.2) is 0 Å². The maximum absolute atomic E-state index is 12.5. The molecule has 7 heteroatoms. The molecule has 1 aliphatic heterocycles. The number of nitrogens with zero attached hydrogens (tertiary/aromatic N) is 2. The average Bonchev–Trinajstić information content (AvgIpc) is 3.03. The third kappa shape index (κ3) is 4.81. The van der Waals surface area contributed by atoms with E-state index in [1.165, 1.54) is 16.2 Å². The van der Waals surface area contributed by atoms with Crippen LogP contribution in [0.1, 0.15) is 10.4 Å². The second-order valence-corrected chi connectivity index (χ2v) is 7.55. The molecule has 0 aliphatic carbocycles. The van der Waals surface area contributed by atoms with Gasteiger partial charge in [0.1, 0.15) is 0 Å². The number of aliphatic hydroxyl groups excluding tert-OH is 1.